The van der Waals surface area contributed by atoms with E-state index in [1.165, 1.54) is 0 Å². The highest BCUT2D eigenvalue weighted by Crippen LogP contribution is 2.15. The maximum absolute atomic E-state index is 8.91. The highest BCUT2D eigenvalue weighted by molar-refractivity contribution is 5.29. The lowest BCUT2D eigenvalue weighted by atomic mass is 10.3. The topological polar surface area (TPSA) is 29.5 Å². The summed E-state index contributed by atoms with van der Waals surface area (Å²) in [7, 11) is 0. The molecule has 0 aliphatic heterocycles. The fraction of sp³-hybridized carbons (Fsp3) is 0.222. The van der Waals surface area contributed by atoms with E-state index in [4.69, 9.17) is 9.84 Å². The molecule has 0 spiro atoms. The Morgan fingerprint density at radius 3 is 2.45 bits per heavy atom. The maximum Gasteiger partial charge on any atom is 0.119 e. The van der Waals surface area contributed by atoms with Crippen LogP contribution in [0.1, 0.15) is 6.42 Å². The van der Waals surface area contributed by atoms with Gasteiger partial charge in [-0.25, -0.2) is 0 Å². The lowest BCUT2D eigenvalue weighted by molar-refractivity contribution is 0.323. The zero-order chi connectivity index (χ0) is 8.10. The Balaban J connectivity index is 2.52. The summed E-state index contributed by atoms with van der Waals surface area (Å²) < 4.78 is 5.24. The van der Waals surface area contributed by atoms with Crippen LogP contribution in [0.15, 0.2) is 24.3 Å². The van der Waals surface area contributed by atoms with Gasteiger partial charge in [-0.05, 0) is 37.6 Å². The predicted octanol–water partition coefficient (Wildman–Crippen LogP) is 2.00. The third-order valence-corrected chi connectivity index (χ3v) is 1.25. The van der Waals surface area contributed by atoms with Gasteiger partial charge in [0.1, 0.15) is 11.5 Å². The van der Waals surface area contributed by atoms with Crippen molar-refractivity contribution in [2.24, 2.45) is 0 Å². The van der Waals surface area contributed by atoms with E-state index in [-0.39, 0.29) is 5.75 Å². The molecule has 1 N–H and O–H groups in total. The van der Waals surface area contributed by atoms with Gasteiger partial charge in [0.15, 0.2) is 0 Å². The second kappa shape index (κ2) is 3.86. The van der Waals surface area contributed by atoms with E-state index in [9.17, 15) is 0 Å². The van der Waals surface area contributed by atoms with Crippen molar-refractivity contribution in [1.82, 2.24) is 0 Å². The van der Waals surface area contributed by atoms with Crippen LogP contribution in [0.2, 0.25) is 0 Å². The van der Waals surface area contributed by atoms with Gasteiger partial charge in [0.2, 0.25) is 0 Å². The van der Waals surface area contributed by atoms with E-state index in [1.807, 2.05) is 0 Å². The van der Waals surface area contributed by atoms with E-state index in [1.54, 1.807) is 24.3 Å². The lowest BCUT2D eigenvalue weighted by Gasteiger charge is -2.02. The van der Waals surface area contributed by atoms with E-state index in [0.29, 0.717) is 6.61 Å². The number of ether oxygens (including phenoxy) is 1. The largest absolute Gasteiger partial charge is 0.508 e. The van der Waals surface area contributed by atoms with Crippen LogP contribution in [0.5, 0.6) is 11.5 Å². The van der Waals surface area contributed by atoms with Crippen LogP contribution in [-0.2, 0) is 0 Å². The van der Waals surface area contributed by atoms with Crippen molar-refractivity contribution in [3.05, 3.63) is 31.2 Å². The smallest absolute Gasteiger partial charge is 0.119 e. The molecule has 2 nitrogen and oxygen atoms in total. The predicted molar refractivity (Wildman–Crippen MR) is 43.6 cm³/mol. The van der Waals surface area contributed by atoms with Gasteiger partial charge in [0.25, 0.3) is 0 Å². The van der Waals surface area contributed by atoms with Gasteiger partial charge in [-0.15, -0.1) is 0 Å². The quantitative estimate of drug-likeness (QED) is 0.715. The Labute approximate surface area is 66.4 Å². The Kier molecular flexibility index (Phi) is 2.78. The SMILES string of the molecule is [CH2]CCOc1ccc(O)cc1. The summed E-state index contributed by atoms with van der Waals surface area (Å²) in [5, 5.41) is 8.91. The molecule has 0 unspecified atom stereocenters. The molecule has 1 aromatic carbocycles. The Hall–Kier alpha value is -1.18. The minimum Gasteiger partial charge on any atom is -0.508 e. The first-order valence-electron chi connectivity index (χ1n) is 3.54. The van der Waals surface area contributed by atoms with Crippen molar-refractivity contribution < 1.29 is 9.84 Å². The van der Waals surface area contributed by atoms with Gasteiger partial charge in [-0.3, -0.25) is 0 Å². The average molecular weight is 151 g/mol. The van der Waals surface area contributed by atoms with Crippen molar-refractivity contribution in [1.29, 1.82) is 0 Å². The van der Waals surface area contributed by atoms with Crippen molar-refractivity contribution in [2.75, 3.05) is 6.61 Å². The summed E-state index contributed by atoms with van der Waals surface area (Å²) in [6, 6.07) is 6.65. The number of phenolic OH excluding ortho intramolecular Hbond substituents is 1. The van der Waals surface area contributed by atoms with Crippen LogP contribution in [0.3, 0.4) is 0 Å². The van der Waals surface area contributed by atoms with Crippen molar-refractivity contribution >= 4 is 0 Å². The van der Waals surface area contributed by atoms with Crippen LogP contribution in [-0.4, -0.2) is 11.7 Å². The molecular formula is C9H11O2. The molecule has 0 saturated carbocycles. The molecule has 11 heavy (non-hydrogen) atoms. The second-order valence-corrected chi connectivity index (χ2v) is 2.20. The zero-order valence-electron chi connectivity index (χ0n) is 6.29. The maximum atomic E-state index is 8.91. The molecule has 0 amide bonds. The standard InChI is InChI=1S/C9H11O2/c1-2-7-11-9-5-3-8(10)4-6-9/h3-6,10H,1-2,7H2. The highest BCUT2D eigenvalue weighted by Gasteiger charge is 1.91. The van der Waals surface area contributed by atoms with E-state index in [2.05, 4.69) is 6.92 Å². The van der Waals surface area contributed by atoms with Gasteiger partial charge in [-0.1, -0.05) is 0 Å². The second-order valence-electron chi connectivity index (χ2n) is 2.20. The van der Waals surface area contributed by atoms with E-state index >= 15 is 0 Å². The minimum absolute atomic E-state index is 0.256. The van der Waals surface area contributed by atoms with E-state index < -0.39 is 0 Å². The summed E-state index contributed by atoms with van der Waals surface area (Å²) in [6.07, 6.45) is 0.751. The van der Waals surface area contributed by atoms with Gasteiger partial charge in [0, 0.05) is 0 Å². The van der Waals surface area contributed by atoms with Crippen LogP contribution >= 0.6 is 0 Å². The monoisotopic (exact) mass is 151 g/mol. The summed E-state index contributed by atoms with van der Waals surface area (Å²) in [5.74, 6) is 1.03. The molecule has 0 saturated heterocycles. The Morgan fingerprint density at radius 2 is 1.91 bits per heavy atom. The highest BCUT2D eigenvalue weighted by atomic mass is 16.5. The summed E-state index contributed by atoms with van der Waals surface area (Å²) in [4.78, 5) is 0. The molecule has 0 atom stereocenters. The van der Waals surface area contributed by atoms with Gasteiger partial charge < -0.3 is 9.84 Å². The van der Waals surface area contributed by atoms with Crippen LogP contribution in [0.25, 0.3) is 0 Å². The number of hydrogen-bond acceptors (Lipinski definition) is 2. The average Bonchev–Trinajstić information content (AvgIpc) is 2.04. The van der Waals surface area contributed by atoms with Crippen molar-refractivity contribution in [3.8, 4) is 11.5 Å². The number of phenols is 1. The normalized spacial score (nSPS) is 9.55. The first-order chi connectivity index (χ1) is 5.33. The first kappa shape index (κ1) is 7.92. The molecule has 0 aliphatic carbocycles. The minimum atomic E-state index is 0.256. The summed E-state index contributed by atoms with van der Waals surface area (Å²) >= 11 is 0. The van der Waals surface area contributed by atoms with E-state index in [0.717, 1.165) is 12.2 Å². The molecule has 0 heterocycles. The Bertz CT molecular complexity index is 203. The lowest BCUT2D eigenvalue weighted by Crippen LogP contribution is -1.93. The Morgan fingerprint density at radius 1 is 1.27 bits per heavy atom. The molecule has 0 fully saturated rings. The van der Waals surface area contributed by atoms with Crippen LogP contribution in [0.4, 0.5) is 0 Å². The van der Waals surface area contributed by atoms with Crippen molar-refractivity contribution in [3.63, 3.8) is 0 Å². The number of aromatic hydroxyl groups is 1. The summed E-state index contributed by atoms with van der Waals surface area (Å²) in [6.45, 7) is 4.26. The number of rotatable bonds is 3. The molecule has 0 aliphatic rings. The molecule has 1 rings (SSSR count). The van der Waals surface area contributed by atoms with Gasteiger partial charge >= 0.3 is 0 Å². The third kappa shape index (κ3) is 2.50. The molecular weight excluding hydrogens is 140 g/mol. The third-order valence-electron chi connectivity index (χ3n) is 1.25. The fourth-order valence-electron chi connectivity index (χ4n) is 0.732. The van der Waals surface area contributed by atoms with Crippen LogP contribution < -0.4 is 4.74 Å². The summed E-state index contributed by atoms with van der Waals surface area (Å²) in [5.41, 5.74) is 0. The first-order valence-corrected chi connectivity index (χ1v) is 3.54. The van der Waals surface area contributed by atoms with Crippen molar-refractivity contribution in [2.45, 2.75) is 6.42 Å². The van der Waals surface area contributed by atoms with Gasteiger partial charge in [-0.2, -0.15) is 0 Å². The fourth-order valence-corrected chi connectivity index (χ4v) is 0.732. The molecule has 1 radical (unpaired) electrons. The zero-order valence-corrected chi connectivity index (χ0v) is 6.29. The van der Waals surface area contributed by atoms with Gasteiger partial charge in [0.05, 0.1) is 6.61 Å². The molecule has 1 aromatic rings. The molecule has 2 heteroatoms. The number of benzene rings is 1. The van der Waals surface area contributed by atoms with Crippen LogP contribution in [0, 0.1) is 6.92 Å². The molecule has 59 valence electrons. The number of hydrogen-bond donors (Lipinski definition) is 1. The molecule has 0 bridgehead atoms. The molecule has 0 aromatic heterocycles.